The van der Waals surface area contributed by atoms with Gasteiger partial charge in [-0.15, -0.1) is 15.3 Å². The third-order valence-electron chi connectivity index (χ3n) is 5.10. The largest absolute Gasteiger partial charge is 0.435 e. The summed E-state index contributed by atoms with van der Waals surface area (Å²) in [4.78, 5) is 4.09. The molecular weight excluding hydrogens is 474 g/mol. The first-order valence-corrected chi connectivity index (χ1v) is 11.5. The van der Waals surface area contributed by atoms with Crippen molar-refractivity contribution in [3.63, 3.8) is 0 Å². The van der Waals surface area contributed by atoms with Crippen molar-refractivity contribution < 1.29 is 13.5 Å². The molecular formula is C23H18F2N8OS. The van der Waals surface area contributed by atoms with Crippen LogP contribution >= 0.6 is 11.8 Å². The van der Waals surface area contributed by atoms with Gasteiger partial charge in [-0.3, -0.25) is 9.55 Å². The van der Waals surface area contributed by atoms with Gasteiger partial charge < -0.3 is 4.74 Å². The molecule has 0 radical (unpaired) electrons. The number of tetrazole rings is 1. The summed E-state index contributed by atoms with van der Waals surface area (Å²) in [7, 11) is 0. The van der Waals surface area contributed by atoms with Crippen LogP contribution in [-0.4, -0.2) is 46.6 Å². The van der Waals surface area contributed by atoms with Crippen LogP contribution in [0.2, 0.25) is 0 Å². The van der Waals surface area contributed by atoms with Crippen LogP contribution in [-0.2, 0) is 5.75 Å². The monoisotopic (exact) mass is 492 g/mol. The fourth-order valence-electron chi connectivity index (χ4n) is 3.48. The molecule has 3 heterocycles. The maximum Gasteiger partial charge on any atom is 0.387 e. The molecule has 0 aliphatic rings. The first-order valence-electron chi connectivity index (χ1n) is 10.5. The average molecular weight is 493 g/mol. The molecule has 0 atom stereocenters. The van der Waals surface area contributed by atoms with E-state index in [1.54, 1.807) is 24.5 Å². The Kier molecular flexibility index (Phi) is 6.44. The Labute approximate surface area is 202 Å². The van der Waals surface area contributed by atoms with E-state index in [0.717, 1.165) is 16.8 Å². The van der Waals surface area contributed by atoms with Crippen LogP contribution in [0.3, 0.4) is 0 Å². The fraction of sp³-hybridized carbons (Fsp3) is 0.130. The summed E-state index contributed by atoms with van der Waals surface area (Å²) in [6.45, 7) is -0.856. The van der Waals surface area contributed by atoms with Crippen LogP contribution < -0.4 is 4.74 Å². The topological polar surface area (TPSA) is 96.4 Å². The number of alkyl halides is 2. The molecule has 12 heteroatoms. The third kappa shape index (κ3) is 4.87. The molecule has 176 valence electrons. The highest BCUT2D eigenvalue weighted by Crippen LogP contribution is 2.31. The van der Waals surface area contributed by atoms with Crippen molar-refractivity contribution in [1.29, 1.82) is 0 Å². The number of aromatic nitrogens is 8. The second-order valence-electron chi connectivity index (χ2n) is 7.33. The van der Waals surface area contributed by atoms with E-state index in [9.17, 15) is 8.78 Å². The summed E-state index contributed by atoms with van der Waals surface area (Å²) in [5, 5.41) is 21.5. The second kappa shape index (κ2) is 9.97. The Balaban J connectivity index is 1.44. The summed E-state index contributed by atoms with van der Waals surface area (Å²) >= 11 is 1.43. The number of rotatable bonds is 8. The smallest absolute Gasteiger partial charge is 0.387 e. The predicted molar refractivity (Wildman–Crippen MR) is 125 cm³/mol. The number of para-hydroxylation sites is 1. The lowest BCUT2D eigenvalue weighted by atomic mass is 10.2. The van der Waals surface area contributed by atoms with E-state index in [2.05, 4.69) is 35.4 Å². The van der Waals surface area contributed by atoms with Crippen LogP contribution in [0.15, 0.2) is 78.2 Å². The lowest BCUT2D eigenvalue weighted by molar-refractivity contribution is -0.0498. The zero-order valence-electron chi connectivity index (χ0n) is 18.4. The Morgan fingerprint density at radius 1 is 0.943 bits per heavy atom. The first-order chi connectivity index (χ1) is 17.1. The van der Waals surface area contributed by atoms with Crippen LogP contribution in [0.5, 0.6) is 5.75 Å². The number of pyridine rings is 1. The van der Waals surface area contributed by atoms with Crippen molar-refractivity contribution in [3.05, 3.63) is 84.4 Å². The second-order valence-corrected chi connectivity index (χ2v) is 8.27. The molecule has 5 rings (SSSR count). The van der Waals surface area contributed by atoms with E-state index >= 15 is 0 Å². The Hall–Kier alpha value is -4.19. The van der Waals surface area contributed by atoms with E-state index < -0.39 is 6.61 Å². The van der Waals surface area contributed by atoms with Crippen LogP contribution in [0.25, 0.3) is 22.8 Å². The minimum atomic E-state index is -2.89. The first kappa shape index (κ1) is 22.6. The van der Waals surface area contributed by atoms with E-state index in [-0.39, 0.29) is 5.75 Å². The average Bonchev–Trinajstić information content (AvgIpc) is 3.51. The van der Waals surface area contributed by atoms with Gasteiger partial charge in [-0.05, 0) is 65.4 Å². The fourth-order valence-corrected chi connectivity index (χ4v) is 4.33. The van der Waals surface area contributed by atoms with Crippen molar-refractivity contribution in [2.75, 3.05) is 0 Å². The third-order valence-corrected chi connectivity index (χ3v) is 6.02. The molecule has 0 unspecified atom stereocenters. The number of halogens is 2. The highest BCUT2D eigenvalue weighted by molar-refractivity contribution is 7.98. The molecule has 0 amide bonds. The maximum absolute atomic E-state index is 12.4. The molecule has 0 bridgehead atoms. The van der Waals surface area contributed by atoms with E-state index in [0.29, 0.717) is 28.2 Å². The zero-order valence-corrected chi connectivity index (χ0v) is 19.2. The lowest BCUT2D eigenvalue weighted by Crippen LogP contribution is -2.05. The van der Waals surface area contributed by atoms with E-state index in [1.165, 1.54) is 28.6 Å². The minimum Gasteiger partial charge on any atom is -0.435 e. The number of hydrogen-bond donors (Lipinski definition) is 0. The molecule has 0 fully saturated rings. The van der Waals surface area contributed by atoms with Crippen molar-refractivity contribution in [1.82, 2.24) is 40.0 Å². The van der Waals surface area contributed by atoms with Crippen LogP contribution in [0.1, 0.15) is 11.4 Å². The standard InChI is InChI=1S/C23H18F2N8OS/c1-15-4-2-3-5-19(15)32-21(16-10-12-26-13-11-16)28-29-23(32)35-14-20-27-30-31-33(20)17-6-8-18(9-7-17)34-22(24)25/h2-13,22H,14H2,1H3. The summed E-state index contributed by atoms with van der Waals surface area (Å²) in [6, 6.07) is 17.9. The maximum atomic E-state index is 12.4. The predicted octanol–water partition coefficient (Wildman–Crippen LogP) is 4.51. The van der Waals surface area contributed by atoms with Gasteiger partial charge in [-0.1, -0.05) is 30.0 Å². The van der Waals surface area contributed by atoms with E-state index in [1.807, 2.05) is 47.9 Å². The van der Waals surface area contributed by atoms with Gasteiger partial charge in [0.2, 0.25) is 0 Å². The molecule has 3 aromatic heterocycles. The Morgan fingerprint density at radius 3 is 2.46 bits per heavy atom. The molecule has 5 aromatic rings. The molecule has 0 aliphatic heterocycles. The highest BCUT2D eigenvalue weighted by Gasteiger charge is 2.19. The molecule has 9 nitrogen and oxygen atoms in total. The normalized spacial score (nSPS) is 11.2. The number of ether oxygens (including phenoxy) is 1. The Bertz CT molecular complexity index is 1420. The molecule has 0 aliphatic carbocycles. The zero-order chi connectivity index (χ0) is 24.2. The van der Waals surface area contributed by atoms with Crippen molar-refractivity contribution >= 4 is 11.8 Å². The quantitative estimate of drug-likeness (QED) is 0.292. The number of hydrogen-bond acceptors (Lipinski definition) is 8. The van der Waals surface area contributed by atoms with Gasteiger partial charge in [0.25, 0.3) is 0 Å². The molecule has 0 N–H and O–H groups in total. The van der Waals surface area contributed by atoms with Gasteiger partial charge in [-0.25, -0.2) is 0 Å². The Morgan fingerprint density at radius 2 is 1.71 bits per heavy atom. The summed E-state index contributed by atoms with van der Waals surface area (Å²) in [5.74, 6) is 1.70. The lowest BCUT2D eigenvalue weighted by Gasteiger charge is -2.12. The van der Waals surface area contributed by atoms with Gasteiger partial charge in [0.15, 0.2) is 16.8 Å². The van der Waals surface area contributed by atoms with Gasteiger partial charge in [0.1, 0.15) is 5.75 Å². The molecule has 0 saturated carbocycles. The highest BCUT2D eigenvalue weighted by atomic mass is 32.2. The molecule has 35 heavy (non-hydrogen) atoms. The minimum absolute atomic E-state index is 0.0581. The number of benzene rings is 2. The SMILES string of the molecule is Cc1ccccc1-n1c(SCc2nnnn2-c2ccc(OC(F)F)cc2)nnc1-c1ccncc1. The summed E-state index contributed by atoms with van der Waals surface area (Å²) in [6.07, 6.45) is 3.43. The van der Waals surface area contributed by atoms with Crippen molar-refractivity contribution in [2.24, 2.45) is 0 Å². The van der Waals surface area contributed by atoms with Crippen LogP contribution in [0.4, 0.5) is 8.78 Å². The van der Waals surface area contributed by atoms with Crippen molar-refractivity contribution in [3.8, 4) is 28.5 Å². The molecule has 0 spiro atoms. The van der Waals surface area contributed by atoms with E-state index in [4.69, 9.17) is 0 Å². The van der Waals surface area contributed by atoms with Gasteiger partial charge in [0, 0.05) is 18.0 Å². The number of thioether (sulfide) groups is 1. The van der Waals surface area contributed by atoms with Crippen molar-refractivity contribution in [2.45, 2.75) is 24.4 Å². The summed E-state index contributed by atoms with van der Waals surface area (Å²) < 4.78 is 32.8. The van der Waals surface area contributed by atoms with Crippen LogP contribution in [0, 0.1) is 6.92 Å². The number of aryl methyl sites for hydroxylation is 1. The number of nitrogens with zero attached hydrogens (tertiary/aromatic N) is 8. The van der Waals surface area contributed by atoms with Gasteiger partial charge >= 0.3 is 6.61 Å². The van der Waals surface area contributed by atoms with Gasteiger partial charge in [-0.2, -0.15) is 13.5 Å². The molecule has 2 aromatic carbocycles. The summed E-state index contributed by atoms with van der Waals surface area (Å²) in [5.41, 5.74) is 3.53. The molecule has 0 saturated heterocycles. The van der Waals surface area contributed by atoms with Gasteiger partial charge in [0.05, 0.1) is 17.1 Å².